The Morgan fingerprint density at radius 1 is 0.941 bits per heavy atom. The molecule has 2 atom stereocenters. The highest BCUT2D eigenvalue weighted by atomic mass is 32.2. The molecule has 2 aliphatic heterocycles. The van der Waals surface area contributed by atoms with Crippen LogP contribution in [0.25, 0.3) is 0 Å². The van der Waals surface area contributed by atoms with Gasteiger partial charge in [0.1, 0.15) is 17.5 Å². The zero-order valence-electron chi connectivity index (χ0n) is 19.8. The molecule has 0 bridgehead atoms. The number of benzene rings is 2. The number of rotatable bonds is 9. The summed E-state index contributed by atoms with van der Waals surface area (Å²) in [5.41, 5.74) is 1.11. The van der Waals surface area contributed by atoms with E-state index >= 15 is 0 Å². The van der Waals surface area contributed by atoms with E-state index in [1.807, 2.05) is 24.3 Å². The number of carbonyl (C=O) groups excluding carboxylic acids is 1. The van der Waals surface area contributed by atoms with Gasteiger partial charge in [-0.1, -0.05) is 12.1 Å². The van der Waals surface area contributed by atoms with Crippen LogP contribution in [0.1, 0.15) is 37.3 Å². The molecule has 2 fully saturated rings. The van der Waals surface area contributed by atoms with Crippen molar-refractivity contribution >= 4 is 15.9 Å². The zero-order valence-corrected chi connectivity index (χ0v) is 20.6. The zero-order chi connectivity index (χ0) is 24.1. The Labute approximate surface area is 201 Å². The van der Waals surface area contributed by atoms with Gasteiger partial charge in [-0.15, -0.1) is 0 Å². The third-order valence-electron chi connectivity index (χ3n) is 6.72. The predicted molar refractivity (Wildman–Crippen MR) is 129 cm³/mol. The Bertz CT molecular complexity index is 1070. The summed E-state index contributed by atoms with van der Waals surface area (Å²) in [6.07, 6.45) is 3.44. The number of sulfonamides is 1. The minimum Gasteiger partial charge on any atom is -0.497 e. The minimum absolute atomic E-state index is 0.0328. The normalized spacial score (nSPS) is 20.2. The summed E-state index contributed by atoms with van der Waals surface area (Å²) < 4.78 is 38.3. The topological polar surface area (TPSA) is 88.2 Å². The van der Waals surface area contributed by atoms with E-state index < -0.39 is 16.1 Å². The molecule has 4 rings (SSSR count). The van der Waals surface area contributed by atoms with Crippen molar-refractivity contribution < 1.29 is 22.7 Å². The number of likely N-dealkylation sites (tertiary alicyclic amines) is 1. The SMILES string of the molecule is COc1ccc([C@H](CNC(=O)[C@H]2CCCN2S(=O)(=O)c2ccc(OC)cc2)N2CCCC2)cc1. The molecule has 2 saturated heterocycles. The molecule has 2 aromatic rings. The van der Waals surface area contributed by atoms with Gasteiger partial charge in [0.15, 0.2) is 0 Å². The van der Waals surface area contributed by atoms with Crippen molar-refractivity contribution in [3.63, 3.8) is 0 Å². The molecule has 1 N–H and O–H groups in total. The van der Waals surface area contributed by atoms with Gasteiger partial charge < -0.3 is 14.8 Å². The molecule has 2 heterocycles. The summed E-state index contributed by atoms with van der Waals surface area (Å²) in [4.78, 5) is 15.8. The second-order valence-electron chi connectivity index (χ2n) is 8.73. The number of carbonyl (C=O) groups is 1. The Balaban J connectivity index is 1.47. The molecule has 0 aromatic heterocycles. The first-order chi connectivity index (χ1) is 16.4. The molecule has 2 aromatic carbocycles. The predicted octanol–water partition coefficient (Wildman–Crippen LogP) is 2.81. The number of ether oxygens (including phenoxy) is 2. The van der Waals surface area contributed by atoms with Crippen LogP contribution in [0.15, 0.2) is 53.4 Å². The molecule has 0 spiro atoms. The fourth-order valence-corrected chi connectivity index (χ4v) is 6.48. The molecule has 34 heavy (non-hydrogen) atoms. The van der Waals surface area contributed by atoms with Crippen molar-refractivity contribution in [2.24, 2.45) is 0 Å². The Hall–Kier alpha value is -2.62. The summed E-state index contributed by atoms with van der Waals surface area (Å²) in [7, 11) is -0.606. The van der Waals surface area contributed by atoms with Crippen LogP contribution >= 0.6 is 0 Å². The smallest absolute Gasteiger partial charge is 0.243 e. The summed E-state index contributed by atoms with van der Waals surface area (Å²) in [5, 5.41) is 3.06. The second kappa shape index (κ2) is 10.8. The fourth-order valence-electron chi connectivity index (χ4n) is 4.83. The van der Waals surface area contributed by atoms with Gasteiger partial charge in [-0.3, -0.25) is 9.69 Å². The monoisotopic (exact) mass is 487 g/mol. The highest BCUT2D eigenvalue weighted by molar-refractivity contribution is 7.89. The number of hydrogen-bond donors (Lipinski definition) is 1. The van der Waals surface area contributed by atoms with Gasteiger partial charge in [-0.25, -0.2) is 8.42 Å². The van der Waals surface area contributed by atoms with E-state index in [9.17, 15) is 13.2 Å². The average Bonchev–Trinajstić information content (AvgIpc) is 3.57. The first kappa shape index (κ1) is 24.5. The van der Waals surface area contributed by atoms with Crippen LogP contribution in [-0.2, 0) is 14.8 Å². The van der Waals surface area contributed by atoms with Crippen LogP contribution in [0.4, 0.5) is 0 Å². The lowest BCUT2D eigenvalue weighted by molar-refractivity contribution is -0.124. The van der Waals surface area contributed by atoms with Crippen molar-refractivity contribution in [2.45, 2.75) is 42.7 Å². The summed E-state index contributed by atoms with van der Waals surface area (Å²) in [5.74, 6) is 1.13. The van der Waals surface area contributed by atoms with E-state index in [2.05, 4.69) is 10.2 Å². The molecule has 0 radical (unpaired) electrons. The lowest BCUT2D eigenvalue weighted by Gasteiger charge is -2.30. The maximum Gasteiger partial charge on any atom is 0.243 e. The van der Waals surface area contributed by atoms with Gasteiger partial charge in [-0.05, 0) is 80.7 Å². The van der Waals surface area contributed by atoms with Crippen molar-refractivity contribution in [3.8, 4) is 11.5 Å². The lowest BCUT2D eigenvalue weighted by atomic mass is 10.0. The Kier molecular flexibility index (Phi) is 7.75. The van der Waals surface area contributed by atoms with Crippen LogP contribution in [0.2, 0.25) is 0 Å². The summed E-state index contributed by atoms with van der Waals surface area (Å²) in [6, 6.07) is 13.5. The standard InChI is InChI=1S/C25H33N3O5S/c1-32-20-9-7-19(8-10-20)24(27-15-3-4-16-27)18-26-25(29)23-6-5-17-28(23)34(30,31)22-13-11-21(33-2)12-14-22/h7-14,23-24H,3-6,15-18H2,1-2H3,(H,26,29)/t23-,24+/m1/s1. The molecule has 1 amide bonds. The van der Waals surface area contributed by atoms with Gasteiger partial charge in [0, 0.05) is 13.1 Å². The highest BCUT2D eigenvalue weighted by Gasteiger charge is 2.39. The number of nitrogens with zero attached hydrogens (tertiary/aromatic N) is 2. The molecule has 0 aliphatic carbocycles. The molecule has 2 aliphatic rings. The number of nitrogens with one attached hydrogen (secondary N) is 1. The van der Waals surface area contributed by atoms with Crippen LogP contribution < -0.4 is 14.8 Å². The van der Waals surface area contributed by atoms with Crippen molar-refractivity contribution in [2.75, 3.05) is 40.4 Å². The third kappa shape index (κ3) is 5.21. The molecule has 8 nitrogen and oxygen atoms in total. The quantitative estimate of drug-likeness (QED) is 0.585. The van der Waals surface area contributed by atoms with Gasteiger partial charge >= 0.3 is 0 Å². The van der Waals surface area contributed by atoms with E-state index in [0.29, 0.717) is 31.7 Å². The molecule has 0 unspecified atom stereocenters. The van der Waals surface area contributed by atoms with E-state index in [1.54, 1.807) is 19.2 Å². The maximum atomic E-state index is 13.3. The minimum atomic E-state index is -3.78. The van der Waals surface area contributed by atoms with Crippen molar-refractivity contribution in [3.05, 3.63) is 54.1 Å². The van der Waals surface area contributed by atoms with Crippen LogP contribution in [0.5, 0.6) is 11.5 Å². The lowest BCUT2D eigenvalue weighted by Crippen LogP contribution is -2.47. The summed E-state index contributed by atoms with van der Waals surface area (Å²) >= 11 is 0. The third-order valence-corrected chi connectivity index (χ3v) is 8.65. The molecule has 9 heteroatoms. The van der Waals surface area contributed by atoms with Gasteiger partial charge in [0.2, 0.25) is 15.9 Å². The van der Waals surface area contributed by atoms with E-state index in [1.165, 1.54) is 23.5 Å². The number of hydrogen-bond acceptors (Lipinski definition) is 6. The molecule has 0 saturated carbocycles. The molecular formula is C25H33N3O5S. The van der Waals surface area contributed by atoms with Crippen molar-refractivity contribution in [1.82, 2.24) is 14.5 Å². The summed E-state index contributed by atoms with van der Waals surface area (Å²) in [6.45, 7) is 2.72. The van der Waals surface area contributed by atoms with Crippen LogP contribution in [-0.4, -0.2) is 70.0 Å². The largest absolute Gasteiger partial charge is 0.497 e. The Morgan fingerprint density at radius 2 is 1.53 bits per heavy atom. The van der Waals surface area contributed by atoms with Gasteiger partial charge in [0.05, 0.1) is 25.2 Å². The Morgan fingerprint density at radius 3 is 2.12 bits per heavy atom. The molecular weight excluding hydrogens is 454 g/mol. The van der Waals surface area contributed by atoms with Crippen LogP contribution in [0, 0.1) is 0 Å². The van der Waals surface area contributed by atoms with E-state index in [0.717, 1.165) is 37.2 Å². The first-order valence-corrected chi connectivity index (χ1v) is 13.2. The number of methoxy groups -OCH3 is 2. The van der Waals surface area contributed by atoms with Gasteiger partial charge in [-0.2, -0.15) is 4.31 Å². The van der Waals surface area contributed by atoms with E-state index in [-0.39, 0.29) is 16.8 Å². The first-order valence-electron chi connectivity index (χ1n) is 11.8. The second-order valence-corrected chi connectivity index (χ2v) is 10.6. The van der Waals surface area contributed by atoms with Crippen molar-refractivity contribution in [1.29, 1.82) is 0 Å². The average molecular weight is 488 g/mol. The van der Waals surface area contributed by atoms with Crippen LogP contribution in [0.3, 0.4) is 0 Å². The van der Waals surface area contributed by atoms with Gasteiger partial charge in [0.25, 0.3) is 0 Å². The fraction of sp³-hybridized carbons (Fsp3) is 0.480. The molecule has 184 valence electrons. The number of amides is 1. The maximum absolute atomic E-state index is 13.3. The highest BCUT2D eigenvalue weighted by Crippen LogP contribution is 2.29. The van der Waals surface area contributed by atoms with E-state index in [4.69, 9.17) is 9.47 Å².